The lowest BCUT2D eigenvalue weighted by Gasteiger charge is -2.26. The van der Waals surface area contributed by atoms with Gasteiger partial charge in [-0.2, -0.15) is 0 Å². The van der Waals surface area contributed by atoms with Crippen molar-refractivity contribution >= 4 is 16.8 Å². The Morgan fingerprint density at radius 2 is 1.97 bits per heavy atom. The smallest absolute Gasteiger partial charge is 0.270 e. The van der Waals surface area contributed by atoms with Crippen molar-refractivity contribution in [1.29, 1.82) is 0 Å². The molecule has 0 aliphatic carbocycles. The molecule has 0 saturated carbocycles. The van der Waals surface area contributed by atoms with E-state index >= 15 is 0 Å². The van der Waals surface area contributed by atoms with Crippen molar-refractivity contribution in [1.82, 2.24) is 39.6 Å². The van der Waals surface area contributed by atoms with Crippen LogP contribution < -0.4 is 0 Å². The van der Waals surface area contributed by atoms with Gasteiger partial charge < -0.3 is 14.5 Å². The van der Waals surface area contributed by atoms with Gasteiger partial charge in [0.05, 0.1) is 17.9 Å². The highest BCUT2D eigenvalue weighted by Crippen LogP contribution is 2.21. The number of nitrogens with zero attached hydrogens (tertiary/aromatic N) is 7. The van der Waals surface area contributed by atoms with Gasteiger partial charge >= 0.3 is 0 Å². The molecule has 1 N–H and O–H groups in total. The standard InChI is InChI=1S/C24H20N8O/c33-24(31-9-10-32-15-27-30-23(32)14-31)21-13-17-11-16(4-5-18(17)28-21)12-22-26-8-6-20(29-22)19-3-1-2-7-25-19/h1-8,11,13,15,28H,9-10,12,14H2. The maximum atomic E-state index is 13.1. The van der Waals surface area contributed by atoms with E-state index in [1.807, 2.05) is 47.0 Å². The van der Waals surface area contributed by atoms with Gasteiger partial charge in [-0.25, -0.2) is 9.97 Å². The Hall–Kier alpha value is -4.40. The zero-order chi connectivity index (χ0) is 22.2. The molecule has 4 aromatic heterocycles. The summed E-state index contributed by atoms with van der Waals surface area (Å²) in [5.74, 6) is 1.50. The van der Waals surface area contributed by atoms with Crippen LogP contribution >= 0.6 is 0 Å². The summed E-state index contributed by atoms with van der Waals surface area (Å²) >= 11 is 0. The number of benzene rings is 1. The molecular formula is C24H20N8O. The van der Waals surface area contributed by atoms with Crippen LogP contribution in [0.5, 0.6) is 0 Å². The highest BCUT2D eigenvalue weighted by Gasteiger charge is 2.24. The number of hydrogen-bond donors (Lipinski definition) is 1. The first kappa shape index (κ1) is 19.3. The van der Waals surface area contributed by atoms with Crippen molar-refractivity contribution in [3.8, 4) is 11.4 Å². The SMILES string of the molecule is O=C(c1cc2cc(Cc3nccc(-c4ccccn4)n3)ccc2[nH]1)N1CCn2cnnc2C1. The van der Waals surface area contributed by atoms with Crippen LogP contribution in [0.3, 0.4) is 0 Å². The fourth-order valence-corrected chi connectivity index (χ4v) is 4.14. The number of rotatable bonds is 4. The van der Waals surface area contributed by atoms with E-state index in [9.17, 15) is 4.79 Å². The first-order valence-corrected chi connectivity index (χ1v) is 10.7. The van der Waals surface area contributed by atoms with Crippen LogP contribution in [0.2, 0.25) is 0 Å². The Kier molecular flexibility index (Phi) is 4.64. The van der Waals surface area contributed by atoms with Gasteiger partial charge in [-0.1, -0.05) is 12.1 Å². The van der Waals surface area contributed by atoms with Crippen LogP contribution in [0.4, 0.5) is 0 Å². The molecule has 1 aromatic carbocycles. The number of fused-ring (bicyclic) bond motifs is 2. The molecule has 1 aliphatic rings. The lowest BCUT2D eigenvalue weighted by molar-refractivity contribution is 0.0702. The molecule has 5 aromatic rings. The zero-order valence-corrected chi connectivity index (χ0v) is 17.7. The molecule has 1 amide bonds. The van der Waals surface area contributed by atoms with Crippen molar-refractivity contribution in [3.63, 3.8) is 0 Å². The van der Waals surface area contributed by atoms with Crippen LogP contribution in [0, 0.1) is 0 Å². The maximum Gasteiger partial charge on any atom is 0.270 e. The van der Waals surface area contributed by atoms with Gasteiger partial charge in [0.25, 0.3) is 5.91 Å². The highest BCUT2D eigenvalue weighted by atomic mass is 16.2. The van der Waals surface area contributed by atoms with E-state index in [0.29, 0.717) is 31.7 Å². The van der Waals surface area contributed by atoms with E-state index in [4.69, 9.17) is 0 Å². The number of carbonyl (C=O) groups is 1. The normalized spacial score (nSPS) is 13.3. The monoisotopic (exact) mass is 436 g/mol. The second-order valence-electron chi connectivity index (χ2n) is 8.02. The molecule has 33 heavy (non-hydrogen) atoms. The molecule has 0 radical (unpaired) electrons. The van der Waals surface area contributed by atoms with Gasteiger partial charge in [0.1, 0.15) is 17.8 Å². The summed E-state index contributed by atoms with van der Waals surface area (Å²) in [6.07, 6.45) is 5.81. The molecule has 0 spiro atoms. The lowest BCUT2D eigenvalue weighted by Crippen LogP contribution is -2.38. The molecule has 9 nitrogen and oxygen atoms in total. The summed E-state index contributed by atoms with van der Waals surface area (Å²) in [5.41, 5.74) is 4.19. The third-order valence-corrected chi connectivity index (χ3v) is 5.84. The number of pyridine rings is 1. The van der Waals surface area contributed by atoms with Crippen molar-refractivity contribution < 1.29 is 4.79 Å². The summed E-state index contributed by atoms with van der Waals surface area (Å²) in [4.78, 5) is 31.6. The van der Waals surface area contributed by atoms with Crippen molar-refractivity contribution in [3.05, 3.63) is 90.2 Å². The van der Waals surface area contributed by atoms with E-state index in [0.717, 1.165) is 39.5 Å². The molecule has 0 fully saturated rings. The van der Waals surface area contributed by atoms with E-state index in [2.05, 4.69) is 36.2 Å². The number of nitrogens with one attached hydrogen (secondary N) is 1. The summed E-state index contributed by atoms with van der Waals surface area (Å²) in [6, 6.07) is 15.6. The highest BCUT2D eigenvalue weighted by molar-refractivity contribution is 5.98. The van der Waals surface area contributed by atoms with E-state index in [-0.39, 0.29) is 5.91 Å². The number of aromatic amines is 1. The van der Waals surface area contributed by atoms with E-state index < -0.39 is 0 Å². The van der Waals surface area contributed by atoms with Crippen LogP contribution in [-0.4, -0.2) is 52.1 Å². The van der Waals surface area contributed by atoms with Gasteiger partial charge in [-0.05, 0) is 42.0 Å². The predicted octanol–water partition coefficient (Wildman–Crippen LogP) is 2.86. The lowest BCUT2D eigenvalue weighted by atomic mass is 10.1. The Morgan fingerprint density at radius 1 is 1.00 bits per heavy atom. The van der Waals surface area contributed by atoms with Crippen LogP contribution in [0.15, 0.2) is 67.3 Å². The first-order valence-electron chi connectivity index (χ1n) is 10.7. The van der Waals surface area contributed by atoms with E-state index in [1.165, 1.54) is 0 Å². The van der Waals surface area contributed by atoms with Gasteiger partial charge in [-0.15, -0.1) is 10.2 Å². The topological polar surface area (TPSA) is 105 Å². The van der Waals surface area contributed by atoms with Crippen molar-refractivity contribution in [2.75, 3.05) is 6.54 Å². The summed E-state index contributed by atoms with van der Waals surface area (Å²) in [6.45, 7) is 1.80. The molecule has 9 heteroatoms. The summed E-state index contributed by atoms with van der Waals surface area (Å²) in [7, 11) is 0. The third kappa shape index (κ3) is 3.73. The number of carbonyl (C=O) groups excluding carboxylic acids is 1. The molecule has 0 bridgehead atoms. The Morgan fingerprint density at radius 3 is 2.88 bits per heavy atom. The number of H-pyrrole nitrogens is 1. The molecule has 0 saturated heterocycles. The second-order valence-corrected chi connectivity index (χ2v) is 8.02. The molecule has 6 rings (SSSR count). The third-order valence-electron chi connectivity index (χ3n) is 5.84. The largest absolute Gasteiger partial charge is 0.351 e. The van der Waals surface area contributed by atoms with Gasteiger partial charge in [0.2, 0.25) is 0 Å². The second kappa shape index (κ2) is 7.94. The molecule has 5 heterocycles. The fraction of sp³-hybridized carbons (Fsp3) is 0.167. The Bertz CT molecular complexity index is 1460. The molecule has 162 valence electrons. The molecule has 0 atom stereocenters. The average molecular weight is 436 g/mol. The zero-order valence-electron chi connectivity index (χ0n) is 17.7. The van der Waals surface area contributed by atoms with Gasteiger partial charge in [-0.3, -0.25) is 9.78 Å². The predicted molar refractivity (Wildman–Crippen MR) is 121 cm³/mol. The fourth-order valence-electron chi connectivity index (χ4n) is 4.14. The molecule has 1 aliphatic heterocycles. The molecule has 0 unspecified atom stereocenters. The summed E-state index contributed by atoms with van der Waals surface area (Å²) in [5, 5.41) is 9.00. The van der Waals surface area contributed by atoms with Crippen LogP contribution in [0.1, 0.15) is 27.7 Å². The van der Waals surface area contributed by atoms with Gasteiger partial charge in [0.15, 0.2) is 5.82 Å². The summed E-state index contributed by atoms with van der Waals surface area (Å²) < 4.78 is 1.98. The number of aromatic nitrogens is 7. The Balaban J connectivity index is 1.22. The minimum atomic E-state index is -0.0339. The molecular weight excluding hydrogens is 416 g/mol. The Labute approximate surface area is 189 Å². The van der Waals surface area contributed by atoms with Crippen molar-refractivity contribution in [2.24, 2.45) is 0 Å². The van der Waals surface area contributed by atoms with Crippen molar-refractivity contribution in [2.45, 2.75) is 19.5 Å². The number of amides is 1. The van der Waals surface area contributed by atoms with Crippen LogP contribution in [-0.2, 0) is 19.5 Å². The number of hydrogen-bond acceptors (Lipinski definition) is 6. The minimum absolute atomic E-state index is 0.0339. The quantitative estimate of drug-likeness (QED) is 0.464. The van der Waals surface area contributed by atoms with E-state index in [1.54, 1.807) is 23.6 Å². The average Bonchev–Trinajstić information content (AvgIpc) is 3.50. The maximum absolute atomic E-state index is 13.1. The van der Waals surface area contributed by atoms with Gasteiger partial charge in [0, 0.05) is 42.8 Å². The first-order chi connectivity index (χ1) is 16.2. The minimum Gasteiger partial charge on any atom is -0.351 e. The van der Waals surface area contributed by atoms with Crippen LogP contribution in [0.25, 0.3) is 22.3 Å².